The van der Waals surface area contributed by atoms with E-state index in [0.29, 0.717) is 12.1 Å². The summed E-state index contributed by atoms with van der Waals surface area (Å²) in [4.78, 5) is 16.4. The molecule has 134 valence electrons. The molecule has 2 heterocycles. The lowest BCUT2D eigenvalue weighted by Gasteiger charge is -2.19. The number of benzene rings is 1. The highest BCUT2D eigenvalue weighted by Crippen LogP contribution is 2.22. The summed E-state index contributed by atoms with van der Waals surface area (Å²) in [6.45, 7) is 6.86. The van der Waals surface area contributed by atoms with Gasteiger partial charge in [-0.05, 0) is 41.3 Å². The summed E-state index contributed by atoms with van der Waals surface area (Å²) >= 11 is 0. The van der Waals surface area contributed by atoms with Gasteiger partial charge in [-0.15, -0.1) is 0 Å². The SMILES string of the molecule is Cn1nc(CNC(=O)c2ccc(C(C)(C)C)cc2)cc1-c1ccncc1. The van der Waals surface area contributed by atoms with Crippen molar-refractivity contribution in [1.82, 2.24) is 20.1 Å². The molecule has 1 N–H and O–H groups in total. The molecule has 5 heteroatoms. The van der Waals surface area contributed by atoms with Gasteiger partial charge in [0.15, 0.2) is 0 Å². The molecule has 0 unspecified atom stereocenters. The van der Waals surface area contributed by atoms with Crippen molar-refractivity contribution in [2.24, 2.45) is 7.05 Å². The first-order valence-electron chi connectivity index (χ1n) is 8.66. The third kappa shape index (κ3) is 3.99. The van der Waals surface area contributed by atoms with Gasteiger partial charge in [0.05, 0.1) is 17.9 Å². The normalized spacial score (nSPS) is 11.4. The Morgan fingerprint density at radius 1 is 1.08 bits per heavy atom. The van der Waals surface area contributed by atoms with Crippen LogP contribution in [0.3, 0.4) is 0 Å². The number of nitrogens with one attached hydrogen (secondary N) is 1. The molecule has 0 spiro atoms. The van der Waals surface area contributed by atoms with Crippen LogP contribution in [-0.2, 0) is 19.0 Å². The van der Waals surface area contributed by atoms with Crippen molar-refractivity contribution >= 4 is 5.91 Å². The third-order valence-electron chi connectivity index (χ3n) is 4.35. The van der Waals surface area contributed by atoms with E-state index >= 15 is 0 Å². The van der Waals surface area contributed by atoms with Crippen LogP contribution in [0.15, 0.2) is 54.9 Å². The second-order valence-corrected chi connectivity index (χ2v) is 7.39. The summed E-state index contributed by atoms with van der Waals surface area (Å²) in [6, 6.07) is 13.6. The minimum Gasteiger partial charge on any atom is -0.346 e. The molecule has 1 amide bonds. The van der Waals surface area contributed by atoms with E-state index in [1.165, 1.54) is 5.56 Å². The van der Waals surface area contributed by atoms with Gasteiger partial charge < -0.3 is 5.32 Å². The first kappa shape index (κ1) is 17.9. The van der Waals surface area contributed by atoms with Gasteiger partial charge in [0.1, 0.15) is 0 Å². The zero-order chi connectivity index (χ0) is 18.7. The van der Waals surface area contributed by atoms with E-state index in [2.05, 4.69) is 36.2 Å². The zero-order valence-corrected chi connectivity index (χ0v) is 15.7. The van der Waals surface area contributed by atoms with Crippen molar-refractivity contribution in [2.75, 3.05) is 0 Å². The number of aromatic nitrogens is 3. The molecule has 2 aromatic heterocycles. The van der Waals surface area contributed by atoms with Crippen LogP contribution in [-0.4, -0.2) is 20.7 Å². The number of pyridine rings is 1. The van der Waals surface area contributed by atoms with E-state index in [-0.39, 0.29) is 11.3 Å². The van der Waals surface area contributed by atoms with Crippen molar-refractivity contribution in [3.05, 3.63) is 71.7 Å². The van der Waals surface area contributed by atoms with Gasteiger partial charge in [-0.3, -0.25) is 14.5 Å². The lowest BCUT2D eigenvalue weighted by atomic mass is 9.87. The van der Waals surface area contributed by atoms with Crippen LogP contribution < -0.4 is 5.32 Å². The lowest BCUT2D eigenvalue weighted by Crippen LogP contribution is -2.23. The predicted octanol–water partition coefficient (Wildman–Crippen LogP) is 3.71. The van der Waals surface area contributed by atoms with E-state index in [4.69, 9.17) is 0 Å². The van der Waals surface area contributed by atoms with Crippen LogP contribution in [0.25, 0.3) is 11.3 Å². The molecule has 1 aromatic carbocycles. The Morgan fingerprint density at radius 3 is 2.35 bits per heavy atom. The minimum absolute atomic E-state index is 0.0757. The number of amides is 1. The Balaban J connectivity index is 1.67. The van der Waals surface area contributed by atoms with E-state index in [0.717, 1.165) is 17.0 Å². The largest absolute Gasteiger partial charge is 0.346 e. The summed E-state index contributed by atoms with van der Waals surface area (Å²) in [5, 5.41) is 7.42. The van der Waals surface area contributed by atoms with E-state index in [1.807, 2.05) is 54.2 Å². The van der Waals surface area contributed by atoms with E-state index in [9.17, 15) is 4.79 Å². The fourth-order valence-corrected chi connectivity index (χ4v) is 2.80. The van der Waals surface area contributed by atoms with Crippen molar-refractivity contribution in [3.63, 3.8) is 0 Å². The standard InChI is InChI=1S/C21H24N4O/c1-21(2,3)17-7-5-16(6-8-17)20(26)23-14-18-13-19(25(4)24-18)15-9-11-22-12-10-15/h5-13H,14H2,1-4H3,(H,23,26). The zero-order valence-electron chi connectivity index (χ0n) is 15.7. The second-order valence-electron chi connectivity index (χ2n) is 7.39. The Labute approximate surface area is 154 Å². The molecule has 5 nitrogen and oxygen atoms in total. The van der Waals surface area contributed by atoms with Crippen molar-refractivity contribution in [3.8, 4) is 11.3 Å². The van der Waals surface area contributed by atoms with Crippen LogP contribution in [0.5, 0.6) is 0 Å². The van der Waals surface area contributed by atoms with Gasteiger partial charge in [0.25, 0.3) is 5.91 Å². The van der Waals surface area contributed by atoms with Crippen molar-refractivity contribution in [2.45, 2.75) is 32.7 Å². The van der Waals surface area contributed by atoms with Gasteiger partial charge in [0, 0.05) is 30.6 Å². The van der Waals surface area contributed by atoms with Gasteiger partial charge in [-0.1, -0.05) is 32.9 Å². The number of hydrogen-bond donors (Lipinski definition) is 1. The number of hydrogen-bond acceptors (Lipinski definition) is 3. The topological polar surface area (TPSA) is 59.8 Å². The van der Waals surface area contributed by atoms with Crippen LogP contribution >= 0.6 is 0 Å². The van der Waals surface area contributed by atoms with Gasteiger partial charge in [-0.2, -0.15) is 5.10 Å². The molecule has 0 aliphatic carbocycles. The molecule has 26 heavy (non-hydrogen) atoms. The maximum atomic E-state index is 12.4. The van der Waals surface area contributed by atoms with Gasteiger partial charge in [-0.25, -0.2) is 0 Å². The summed E-state index contributed by atoms with van der Waals surface area (Å²) in [6.07, 6.45) is 3.51. The highest BCUT2D eigenvalue weighted by molar-refractivity contribution is 5.94. The predicted molar refractivity (Wildman–Crippen MR) is 103 cm³/mol. The molecule has 0 atom stereocenters. The summed E-state index contributed by atoms with van der Waals surface area (Å²) in [5.41, 5.74) is 4.80. The second kappa shape index (κ2) is 7.12. The van der Waals surface area contributed by atoms with Crippen molar-refractivity contribution < 1.29 is 4.79 Å². The molecule has 0 bridgehead atoms. The molecule has 0 saturated carbocycles. The van der Waals surface area contributed by atoms with Crippen molar-refractivity contribution in [1.29, 1.82) is 0 Å². The third-order valence-corrected chi connectivity index (χ3v) is 4.35. The maximum Gasteiger partial charge on any atom is 0.251 e. The number of rotatable bonds is 4. The molecular weight excluding hydrogens is 324 g/mol. The van der Waals surface area contributed by atoms with E-state index in [1.54, 1.807) is 12.4 Å². The monoisotopic (exact) mass is 348 g/mol. The smallest absolute Gasteiger partial charge is 0.251 e. The quantitative estimate of drug-likeness (QED) is 0.782. The first-order valence-corrected chi connectivity index (χ1v) is 8.66. The Hall–Kier alpha value is -2.95. The molecule has 0 aliphatic rings. The highest BCUT2D eigenvalue weighted by Gasteiger charge is 2.14. The summed E-state index contributed by atoms with van der Waals surface area (Å²) < 4.78 is 1.81. The van der Waals surface area contributed by atoms with Gasteiger partial charge >= 0.3 is 0 Å². The molecular formula is C21H24N4O. The number of carbonyl (C=O) groups is 1. The molecule has 0 saturated heterocycles. The van der Waals surface area contributed by atoms with Gasteiger partial charge in [0.2, 0.25) is 0 Å². The van der Waals surface area contributed by atoms with E-state index < -0.39 is 0 Å². The van der Waals surface area contributed by atoms with Crippen LogP contribution in [0.2, 0.25) is 0 Å². The molecule has 3 rings (SSSR count). The summed E-state index contributed by atoms with van der Waals surface area (Å²) in [7, 11) is 1.90. The number of nitrogens with zero attached hydrogens (tertiary/aromatic N) is 3. The van der Waals surface area contributed by atoms with Crippen LogP contribution in [0.1, 0.15) is 42.4 Å². The Bertz CT molecular complexity index is 890. The highest BCUT2D eigenvalue weighted by atomic mass is 16.1. The van der Waals surface area contributed by atoms with Crippen LogP contribution in [0, 0.1) is 0 Å². The molecule has 3 aromatic rings. The lowest BCUT2D eigenvalue weighted by molar-refractivity contribution is 0.0950. The fraction of sp³-hybridized carbons (Fsp3) is 0.286. The number of carbonyl (C=O) groups excluding carboxylic acids is 1. The average molecular weight is 348 g/mol. The first-order chi connectivity index (χ1) is 12.3. The Kier molecular flexibility index (Phi) is 4.89. The molecule has 0 fully saturated rings. The minimum atomic E-state index is -0.0958. The molecule has 0 radical (unpaired) electrons. The Morgan fingerprint density at radius 2 is 1.73 bits per heavy atom. The fourth-order valence-electron chi connectivity index (χ4n) is 2.80. The maximum absolute atomic E-state index is 12.4. The average Bonchev–Trinajstić information content (AvgIpc) is 3.00. The molecule has 0 aliphatic heterocycles. The number of aryl methyl sites for hydroxylation is 1. The van der Waals surface area contributed by atoms with Crippen LogP contribution in [0.4, 0.5) is 0 Å². The summed E-state index contributed by atoms with van der Waals surface area (Å²) in [5.74, 6) is -0.0958.